The first-order valence-corrected chi connectivity index (χ1v) is 8.61. The van der Waals surface area contributed by atoms with E-state index in [1.54, 1.807) is 0 Å². The van der Waals surface area contributed by atoms with Crippen molar-refractivity contribution in [1.82, 2.24) is 15.4 Å². The Morgan fingerprint density at radius 3 is 2.14 bits per heavy atom. The highest BCUT2D eigenvalue weighted by atomic mass is 16.5. The van der Waals surface area contributed by atoms with Gasteiger partial charge in [-0.2, -0.15) is 5.10 Å². The third-order valence-electron chi connectivity index (χ3n) is 3.97. The maximum absolute atomic E-state index is 12.5. The van der Waals surface area contributed by atoms with Gasteiger partial charge in [0.2, 0.25) is 0 Å². The van der Waals surface area contributed by atoms with Crippen LogP contribution in [0.5, 0.6) is 11.5 Å². The molecule has 7 heteroatoms. The number of benzene rings is 1. The minimum absolute atomic E-state index is 0.0452. The molecule has 0 bridgehead atoms. The number of aromatic hydroxyl groups is 1. The van der Waals surface area contributed by atoms with E-state index < -0.39 is 5.91 Å². The number of hydrogen-bond acceptors (Lipinski definition) is 6. The Hall–Kier alpha value is -3.74. The Bertz CT molecular complexity index is 1000. The second-order valence-corrected chi connectivity index (χ2v) is 6.12. The van der Waals surface area contributed by atoms with Crippen LogP contribution in [0.4, 0.5) is 0 Å². The average Bonchev–Trinajstić information content (AvgIpc) is 2.68. The van der Waals surface area contributed by atoms with Gasteiger partial charge in [-0.1, -0.05) is 12.1 Å². The molecule has 0 saturated carbocycles. The smallest absolute Gasteiger partial charge is 0.271 e. The van der Waals surface area contributed by atoms with Gasteiger partial charge in [0.1, 0.15) is 5.71 Å². The molecule has 3 rings (SSSR count). The fourth-order valence-electron chi connectivity index (χ4n) is 2.59. The van der Waals surface area contributed by atoms with Gasteiger partial charge in [0.15, 0.2) is 11.5 Å². The summed E-state index contributed by atoms with van der Waals surface area (Å²) < 4.78 is 5.04. The number of methoxy groups -OCH3 is 1. The van der Waals surface area contributed by atoms with Gasteiger partial charge in [0, 0.05) is 17.0 Å². The number of amides is 1. The number of rotatable bonds is 5. The summed E-state index contributed by atoms with van der Waals surface area (Å²) in [5.74, 6) is -0.287. The Labute approximate surface area is 162 Å². The van der Waals surface area contributed by atoms with E-state index in [0.717, 1.165) is 11.4 Å². The first-order chi connectivity index (χ1) is 13.5. The number of carbonyl (C=O) groups is 1. The van der Waals surface area contributed by atoms with Crippen LogP contribution < -0.4 is 10.2 Å². The minimum Gasteiger partial charge on any atom is -0.504 e. The van der Waals surface area contributed by atoms with Gasteiger partial charge in [-0.25, -0.2) is 5.43 Å². The monoisotopic (exact) mass is 376 g/mol. The van der Waals surface area contributed by atoms with E-state index in [4.69, 9.17) is 4.74 Å². The summed E-state index contributed by atoms with van der Waals surface area (Å²) in [5, 5.41) is 14.0. The van der Waals surface area contributed by atoms with Crippen LogP contribution in [0.1, 0.15) is 33.1 Å². The van der Waals surface area contributed by atoms with Crippen molar-refractivity contribution in [2.45, 2.75) is 13.8 Å². The van der Waals surface area contributed by atoms with Gasteiger partial charge in [0.05, 0.1) is 18.5 Å². The Balaban J connectivity index is 1.96. The van der Waals surface area contributed by atoms with Crippen molar-refractivity contribution in [3.63, 3.8) is 0 Å². The van der Waals surface area contributed by atoms with Crippen LogP contribution in [-0.2, 0) is 0 Å². The molecule has 0 aliphatic carbocycles. The summed E-state index contributed by atoms with van der Waals surface area (Å²) in [6, 6.07) is 15.4. The van der Waals surface area contributed by atoms with E-state index in [-0.39, 0.29) is 11.5 Å². The Morgan fingerprint density at radius 1 is 1.00 bits per heavy atom. The van der Waals surface area contributed by atoms with Crippen molar-refractivity contribution >= 4 is 11.6 Å². The van der Waals surface area contributed by atoms with Crippen LogP contribution >= 0.6 is 0 Å². The van der Waals surface area contributed by atoms with Crippen molar-refractivity contribution in [3.8, 4) is 11.5 Å². The molecule has 3 aromatic rings. The van der Waals surface area contributed by atoms with Gasteiger partial charge in [-0.15, -0.1) is 0 Å². The number of hydrogen-bond donors (Lipinski definition) is 2. The number of pyridine rings is 2. The number of phenolic OH excluding ortho intramolecular Hbond substituents is 1. The number of aromatic nitrogens is 2. The largest absolute Gasteiger partial charge is 0.504 e. The quantitative estimate of drug-likeness (QED) is 0.527. The van der Waals surface area contributed by atoms with E-state index in [2.05, 4.69) is 20.5 Å². The van der Waals surface area contributed by atoms with Crippen molar-refractivity contribution in [2.75, 3.05) is 7.11 Å². The summed E-state index contributed by atoms with van der Waals surface area (Å²) in [4.78, 5) is 21.5. The summed E-state index contributed by atoms with van der Waals surface area (Å²) in [5.41, 5.74) is 6.14. The lowest BCUT2D eigenvalue weighted by molar-refractivity contribution is 0.0954. The summed E-state index contributed by atoms with van der Waals surface area (Å²) >= 11 is 0. The normalized spacial score (nSPS) is 10.2. The second-order valence-electron chi connectivity index (χ2n) is 6.12. The third kappa shape index (κ3) is 4.32. The lowest BCUT2D eigenvalue weighted by atomic mass is 10.1. The zero-order chi connectivity index (χ0) is 20.1. The lowest BCUT2D eigenvalue weighted by Gasteiger charge is -2.09. The SMILES string of the molecule is COc1cc(C(=O)NN=C(c2cccc(C)n2)c2cccc(C)n2)ccc1O. The minimum atomic E-state index is -0.448. The van der Waals surface area contributed by atoms with Crippen molar-refractivity contribution < 1.29 is 14.6 Å². The summed E-state index contributed by atoms with van der Waals surface area (Å²) in [6.07, 6.45) is 0. The number of nitrogens with zero attached hydrogens (tertiary/aromatic N) is 3. The highest BCUT2D eigenvalue weighted by Gasteiger charge is 2.14. The number of carbonyl (C=O) groups excluding carboxylic acids is 1. The molecule has 2 heterocycles. The number of phenols is 1. The van der Waals surface area contributed by atoms with E-state index >= 15 is 0 Å². The van der Waals surface area contributed by atoms with Crippen LogP contribution in [0.3, 0.4) is 0 Å². The first-order valence-electron chi connectivity index (χ1n) is 8.61. The molecule has 0 aliphatic rings. The molecule has 1 amide bonds. The molecular formula is C21H20N4O3. The second kappa shape index (κ2) is 8.30. The Morgan fingerprint density at radius 2 is 1.61 bits per heavy atom. The summed E-state index contributed by atoms with van der Waals surface area (Å²) in [7, 11) is 1.42. The van der Waals surface area contributed by atoms with Crippen molar-refractivity contribution in [1.29, 1.82) is 0 Å². The van der Waals surface area contributed by atoms with Gasteiger partial charge >= 0.3 is 0 Å². The molecule has 0 fully saturated rings. The highest BCUT2D eigenvalue weighted by molar-refractivity contribution is 6.11. The van der Waals surface area contributed by atoms with E-state index in [9.17, 15) is 9.90 Å². The highest BCUT2D eigenvalue weighted by Crippen LogP contribution is 2.26. The molecule has 7 nitrogen and oxygen atoms in total. The molecule has 1 aromatic carbocycles. The molecule has 28 heavy (non-hydrogen) atoms. The molecule has 0 atom stereocenters. The van der Waals surface area contributed by atoms with Gasteiger partial charge in [-0.05, 0) is 56.3 Å². The zero-order valence-corrected chi connectivity index (χ0v) is 15.8. The van der Waals surface area contributed by atoms with Gasteiger partial charge in [0.25, 0.3) is 5.91 Å². The van der Waals surface area contributed by atoms with Crippen LogP contribution in [-0.4, -0.2) is 33.8 Å². The van der Waals surface area contributed by atoms with Gasteiger partial charge in [-0.3, -0.25) is 14.8 Å². The predicted molar refractivity (Wildman–Crippen MR) is 106 cm³/mol. The van der Waals surface area contributed by atoms with E-state index in [0.29, 0.717) is 22.7 Å². The topological polar surface area (TPSA) is 96.7 Å². The number of aryl methyl sites for hydroxylation is 2. The first kappa shape index (κ1) is 19.0. The van der Waals surface area contributed by atoms with Crippen LogP contribution in [0, 0.1) is 13.8 Å². The standard InChI is InChI=1S/C21H20N4O3/c1-13-6-4-8-16(22-13)20(17-9-5-7-14(2)23-17)24-25-21(27)15-10-11-18(26)19(12-15)28-3/h4-12,26H,1-3H3,(H,25,27). The molecule has 0 radical (unpaired) electrons. The fraction of sp³-hybridized carbons (Fsp3) is 0.143. The Kier molecular flexibility index (Phi) is 5.64. The number of hydrazone groups is 1. The molecular weight excluding hydrogens is 356 g/mol. The number of ether oxygens (including phenoxy) is 1. The van der Waals surface area contributed by atoms with Crippen molar-refractivity contribution in [3.05, 3.63) is 82.9 Å². The zero-order valence-electron chi connectivity index (χ0n) is 15.8. The van der Waals surface area contributed by atoms with Gasteiger partial charge < -0.3 is 9.84 Å². The van der Waals surface area contributed by atoms with E-state index in [1.165, 1.54) is 25.3 Å². The van der Waals surface area contributed by atoms with Crippen LogP contribution in [0.15, 0.2) is 59.7 Å². The molecule has 0 saturated heterocycles. The molecule has 2 aromatic heterocycles. The molecule has 0 unspecified atom stereocenters. The van der Waals surface area contributed by atoms with Crippen molar-refractivity contribution in [2.24, 2.45) is 5.10 Å². The fourth-order valence-corrected chi connectivity index (χ4v) is 2.59. The molecule has 0 spiro atoms. The molecule has 2 N–H and O–H groups in total. The maximum atomic E-state index is 12.5. The average molecular weight is 376 g/mol. The molecule has 0 aliphatic heterocycles. The summed E-state index contributed by atoms with van der Waals surface area (Å²) in [6.45, 7) is 3.76. The van der Waals surface area contributed by atoms with Crippen LogP contribution in [0.25, 0.3) is 0 Å². The van der Waals surface area contributed by atoms with Crippen LogP contribution in [0.2, 0.25) is 0 Å². The predicted octanol–water partition coefficient (Wildman–Crippen LogP) is 2.99. The number of nitrogens with one attached hydrogen (secondary N) is 1. The van der Waals surface area contributed by atoms with E-state index in [1.807, 2.05) is 50.2 Å². The maximum Gasteiger partial charge on any atom is 0.271 e. The lowest BCUT2D eigenvalue weighted by Crippen LogP contribution is -2.21. The molecule has 142 valence electrons. The third-order valence-corrected chi connectivity index (χ3v) is 3.97.